The smallest absolute Gasteiger partial charge is 0.306 e. The number of methoxy groups -OCH3 is 1. The van der Waals surface area contributed by atoms with Crippen LogP contribution in [0.2, 0.25) is 0 Å². The summed E-state index contributed by atoms with van der Waals surface area (Å²) in [4.78, 5) is 11.6. The van der Waals surface area contributed by atoms with Crippen LogP contribution in [0.15, 0.2) is 29.2 Å². The number of esters is 1. The fourth-order valence-electron chi connectivity index (χ4n) is 1.62. The fourth-order valence-corrected chi connectivity index (χ4v) is 2.39. The summed E-state index contributed by atoms with van der Waals surface area (Å²) >= 11 is 0. The minimum atomic E-state index is -3.71. The molecule has 0 saturated carbocycles. The molecule has 0 radical (unpaired) electrons. The van der Waals surface area contributed by atoms with E-state index in [-0.39, 0.29) is 23.4 Å². The highest BCUT2D eigenvalue weighted by atomic mass is 35.7. The molecular weight excluding hydrogens is 304 g/mol. The first kappa shape index (κ1) is 16.9. The van der Waals surface area contributed by atoms with Gasteiger partial charge >= 0.3 is 5.97 Å². The van der Waals surface area contributed by atoms with E-state index in [1.165, 1.54) is 19.2 Å². The Balaban J connectivity index is 2.48. The second-order valence-corrected chi connectivity index (χ2v) is 6.90. The monoisotopic (exact) mass is 320 g/mol. The average Bonchev–Trinajstić information content (AvgIpc) is 2.36. The highest BCUT2D eigenvalue weighted by Crippen LogP contribution is 2.16. The van der Waals surface area contributed by atoms with Crippen LogP contribution in [0.3, 0.4) is 0 Å². The molecule has 0 aromatic heterocycles. The summed E-state index contributed by atoms with van der Waals surface area (Å²) in [6.45, 7) is 2.11. The van der Waals surface area contributed by atoms with Crippen LogP contribution in [0.5, 0.6) is 0 Å². The number of halogens is 1. The van der Waals surface area contributed by atoms with Crippen molar-refractivity contribution < 1.29 is 22.7 Å². The summed E-state index contributed by atoms with van der Waals surface area (Å²) < 4.78 is 32.1. The van der Waals surface area contributed by atoms with E-state index in [0.29, 0.717) is 13.0 Å². The van der Waals surface area contributed by atoms with Gasteiger partial charge < -0.3 is 9.47 Å². The van der Waals surface area contributed by atoms with Crippen LogP contribution in [0.1, 0.15) is 18.9 Å². The van der Waals surface area contributed by atoms with Crippen LogP contribution >= 0.6 is 10.7 Å². The Morgan fingerprint density at radius 2 is 1.90 bits per heavy atom. The molecule has 20 heavy (non-hydrogen) atoms. The average molecular weight is 321 g/mol. The van der Waals surface area contributed by atoms with Crippen molar-refractivity contribution in [3.05, 3.63) is 29.8 Å². The van der Waals surface area contributed by atoms with E-state index >= 15 is 0 Å². The number of hydrogen-bond acceptors (Lipinski definition) is 5. The number of rotatable bonds is 7. The van der Waals surface area contributed by atoms with E-state index in [4.69, 9.17) is 20.2 Å². The van der Waals surface area contributed by atoms with Gasteiger partial charge in [0.25, 0.3) is 9.05 Å². The highest BCUT2D eigenvalue weighted by Gasteiger charge is 2.11. The molecule has 1 aromatic carbocycles. The molecule has 0 heterocycles. The van der Waals surface area contributed by atoms with Gasteiger partial charge in [-0.1, -0.05) is 12.1 Å². The van der Waals surface area contributed by atoms with Crippen LogP contribution in [0, 0.1) is 0 Å². The van der Waals surface area contributed by atoms with E-state index in [1.54, 1.807) is 19.1 Å². The molecule has 112 valence electrons. The van der Waals surface area contributed by atoms with Gasteiger partial charge in [0.2, 0.25) is 0 Å². The summed E-state index contributed by atoms with van der Waals surface area (Å²) in [7, 11) is 3.04. The third-order valence-corrected chi connectivity index (χ3v) is 3.93. The van der Waals surface area contributed by atoms with Crippen LogP contribution in [0.25, 0.3) is 0 Å². The Bertz CT molecular complexity index is 538. The van der Waals surface area contributed by atoms with E-state index in [9.17, 15) is 13.2 Å². The quantitative estimate of drug-likeness (QED) is 0.568. The molecule has 0 aliphatic rings. The lowest BCUT2D eigenvalue weighted by Gasteiger charge is -2.11. The maximum absolute atomic E-state index is 11.5. The SMILES string of the molecule is COCC(C)OC(=O)CCc1ccc(S(=O)(=O)Cl)cc1. The Kier molecular flexibility index (Phi) is 6.45. The number of benzene rings is 1. The summed E-state index contributed by atoms with van der Waals surface area (Å²) in [5, 5.41) is 0. The zero-order chi connectivity index (χ0) is 15.2. The lowest BCUT2D eigenvalue weighted by molar-refractivity contribution is -0.150. The van der Waals surface area contributed by atoms with Crippen molar-refractivity contribution in [1.29, 1.82) is 0 Å². The zero-order valence-corrected chi connectivity index (χ0v) is 12.9. The van der Waals surface area contributed by atoms with Crippen LogP contribution in [-0.2, 0) is 29.7 Å². The molecule has 0 saturated heterocycles. The van der Waals surface area contributed by atoms with Gasteiger partial charge in [0.1, 0.15) is 6.10 Å². The lowest BCUT2D eigenvalue weighted by atomic mass is 10.1. The number of carbonyl (C=O) groups is 1. The standard InChI is InChI=1S/C13H17ClO5S/c1-10(9-18-2)19-13(15)8-5-11-3-6-12(7-4-11)20(14,16)17/h3-4,6-7,10H,5,8-9H2,1-2H3. The Morgan fingerprint density at radius 1 is 1.30 bits per heavy atom. The van der Waals surface area contributed by atoms with Crippen molar-refractivity contribution in [3.8, 4) is 0 Å². The minimum Gasteiger partial charge on any atom is -0.460 e. The van der Waals surface area contributed by atoms with E-state index in [2.05, 4.69) is 0 Å². The van der Waals surface area contributed by atoms with Crippen molar-refractivity contribution in [3.63, 3.8) is 0 Å². The largest absolute Gasteiger partial charge is 0.460 e. The van der Waals surface area contributed by atoms with E-state index < -0.39 is 9.05 Å². The molecule has 0 bridgehead atoms. The second kappa shape index (κ2) is 7.61. The van der Waals surface area contributed by atoms with E-state index in [1.807, 2.05) is 0 Å². The second-order valence-electron chi connectivity index (χ2n) is 4.34. The van der Waals surface area contributed by atoms with Gasteiger partial charge in [-0.25, -0.2) is 8.42 Å². The number of hydrogen-bond donors (Lipinski definition) is 0. The van der Waals surface area contributed by atoms with Gasteiger partial charge in [0, 0.05) is 24.2 Å². The number of carbonyl (C=O) groups excluding carboxylic acids is 1. The van der Waals surface area contributed by atoms with Gasteiger partial charge in [-0.2, -0.15) is 0 Å². The number of aryl methyl sites for hydroxylation is 1. The van der Waals surface area contributed by atoms with Crippen molar-refractivity contribution in [2.45, 2.75) is 30.8 Å². The van der Waals surface area contributed by atoms with Crippen LogP contribution in [-0.4, -0.2) is 34.2 Å². The van der Waals surface area contributed by atoms with Crippen LogP contribution in [0.4, 0.5) is 0 Å². The van der Waals surface area contributed by atoms with Crippen molar-refractivity contribution in [2.75, 3.05) is 13.7 Å². The third-order valence-electron chi connectivity index (χ3n) is 2.56. The normalized spacial score (nSPS) is 12.9. The zero-order valence-electron chi connectivity index (χ0n) is 11.3. The minimum absolute atomic E-state index is 0.0409. The van der Waals surface area contributed by atoms with Crippen molar-refractivity contribution in [2.24, 2.45) is 0 Å². The molecule has 0 fully saturated rings. The lowest BCUT2D eigenvalue weighted by Crippen LogP contribution is -2.19. The first-order valence-corrected chi connectivity index (χ1v) is 8.36. The fraction of sp³-hybridized carbons (Fsp3) is 0.462. The Labute approximate surface area is 123 Å². The topological polar surface area (TPSA) is 69.7 Å². The molecule has 0 spiro atoms. The molecule has 1 atom stereocenters. The maximum Gasteiger partial charge on any atom is 0.306 e. The first-order valence-electron chi connectivity index (χ1n) is 6.05. The van der Waals surface area contributed by atoms with Crippen molar-refractivity contribution >= 4 is 25.7 Å². The van der Waals surface area contributed by atoms with Gasteiger partial charge in [-0.15, -0.1) is 0 Å². The summed E-state index contributed by atoms with van der Waals surface area (Å²) in [6.07, 6.45) is 0.415. The Hall–Kier alpha value is -1.11. The predicted octanol–water partition coefficient (Wildman–Crippen LogP) is 2.12. The molecular formula is C13H17ClO5S. The molecule has 1 rings (SSSR count). The van der Waals surface area contributed by atoms with E-state index in [0.717, 1.165) is 5.56 Å². The molecule has 0 amide bonds. The summed E-state index contributed by atoms with van der Waals surface area (Å²) in [5.41, 5.74) is 0.838. The Morgan fingerprint density at radius 3 is 2.40 bits per heavy atom. The van der Waals surface area contributed by atoms with Crippen LogP contribution < -0.4 is 0 Å². The van der Waals surface area contributed by atoms with Gasteiger partial charge in [0.05, 0.1) is 11.5 Å². The van der Waals surface area contributed by atoms with Crippen molar-refractivity contribution in [1.82, 2.24) is 0 Å². The van der Waals surface area contributed by atoms with Gasteiger partial charge in [0.15, 0.2) is 0 Å². The molecule has 0 N–H and O–H groups in total. The highest BCUT2D eigenvalue weighted by molar-refractivity contribution is 8.13. The third kappa shape index (κ3) is 5.90. The maximum atomic E-state index is 11.5. The first-order chi connectivity index (χ1) is 9.32. The molecule has 0 aliphatic carbocycles. The molecule has 1 aromatic rings. The predicted molar refractivity (Wildman–Crippen MR) is 75.2 cm³/mol. The molecule has 5 nitrogen and oxygen atoms in total. The van der Waals surface area contributed by atoms with Gasteiger partial charge in [-0.05, 0) is 31.0 Å². The summed E-state index contributed by atoms with van der Waals surface area (Å²) in [5.74, 6) is -0.316. The number of ether oxygens (including phenoxy) is 2. The molecule has 1 unspecified atom stereocenters. The summed E-state index contributed by atoms with van der Waals surface area (Å²) in [6, 6.07) is 6.08. The van der Waals surface area contributed by atoms with Gasteiger partial charge in [-0.3, -0.25) is 4.79 Å². The molecule has 0 aliphatic heterocycles. The molecule has 7 heteroatoms.